The number of aryl methyl sites for hydroxylation is 1. The standard InChI is InChI=1S/C14H14Cl2N2O2/c1-2-5-11-12(14(19)20)13(16)18(17-11)8-9-6-3-4-7-10(9)15/h3-4,6-7H,2,5,8H2,1H3,(H,19,20). The fourth-order valence-electron chi connectivity index (χ4n) is 2.00. The molecule has 1 aromatic carbocycles. The molecule has 1 aromatic heterocycles. The monoisotopic (exact) mass is 312 g/mol. The van der Waals surface area contributed by atoms with Gasteiger partial charge >= 0.3 is 5.97 Å². The SMILES string of the molecule is CCCc1nn(Cc2ccccc2Cl)c(Cl)c1C(=O)O. The molecule has 0 saturated heterocycles. The lowest BCUT2D eigenvalue weighted by Gasteiger charge is -2.05. The van der Waals surface area contributed by atoms with Crippen LogP contribution in [-0.2, 0) is 13.0 Å². The lowest BCUT2D eigenvalue weighted by Crippen LogP contribution is -2.03. The minimum absolute atomic E-state index is 0.0839. The number of rotatable bonds is 5. The van der Waals surface area contributed by atoms with Crippen molar-refractivity contribution in [1.29, 1.82) is 0 Å². The van der Waals surface area contributed by atoms with E-state index >= 15 is 0 Å². The molecule has 4 nitrogen and oxygen atoms in total. The van der Waals surface area contributed by atoms with E-state index in [0.717, 1.165) is 12.0 Å². The molecule has 0 aliphatic carbocycles. The zero-order valence-corrected chi connectivity index (χ0v) is 12.4. The fourth-order valence-corrected chi connectivity index (χ4v) is 2.49. The first kappa shape index (κ1) is 14.9. The van der Waals surface area contributed by atoms with Crippen molar-refractivity contribution >= 4 is 29.2 Å². The number of aromatic carboxylic acids is 1. The zero-order valence-electron chi connectivity index (χ0n) is 10.9. The van der Waals surface area contributed by atoms with Crippen LogP contribution in [0.15, 0.2) is 24.3 Å². The highest BCUT2D eigenvalue weighted by Gasteiger charge is 2.21. The number of carbonyl (C=O) groups is 1. The maximum absolute atomic E-state index is 11.3. The van der Waals surface area contributed by atoms with E-state index in [1.807, 2.05) is 25.1 Å². The van der Waals surface area contributed by atoms with Crippen LogP contribution < -0.4 is 0 Å². The maximum Gasteiger partial charge on any atom is 0.340 e. The molecule has 2 rings (SSSR count). The first-order valence-electron chi connectivity index (χ1n) is 6.26. The van der Waals surface area contributed by atoms with Crippen molar-refractivity contribution in [2.75, 3.05) is 0 Å². The highest BCUT2D eigenvalue weighted by Crippen LogP contribution is 2.24. The molecule has 2 aromatic rings. The lowest BCUT2D eigenvalue weighted by atomic mass is 10.2. The summed E-state index contributed by atoms with van der Waals surface area (Å²) in [5.41, 5.74) is 1.44. The van der Waals surface area contributed by atoms with E-state index in [0.29, 0.717) is 23.7 Å². The van der Waals surface area contributed by atoms with Crippen molar-refractivity contribution in [3.8, 4) is 0 Å². The molecule has 0 aliphatic rings. The minimum Gasteiger partial charge on any atom is -0.478 e. The van der Waals surface area contributed by atoms with E-state index in [2.05, 4.69) is 5.10 Å². The summed E-state index contributed by atoms with van der Waals surface area (Å²) in [4.78, 5) is 11.3. The molecular weight excluding hydrogens is 299 g/mol. The van der Waals surface area contributed by atoms with E-state index in [9.17, 15) is 9.90 Å². The topological polar surface area (TPSA) is 55.1 Å². The summed E-state index contributed by atoms with van der Waals surface area (Å²) in [5.74, 6) is -1.05. The fraction of sp³-hybridized carbons (Fsp3) is 0.286. The molecule has 0 fully saturated rings. The van der Waals surface area contributed by atoms with Gasteiger partial charge < -0.3 is 5.11 Å². The summed E-state index contributed by atoms with van der Waals surface area (Å²) in [5, 5.41) is 14.3. The average molecular weight is 313 g/mol. The smallest absolute Gasteiger partial charge is 0.340 e. The number of carboxylic acids is 1. The van der Waals surface area contributed by atoms with Gasteiger partial charge in [-0.1, -0.05) is 54.7 Å². The number of benzene rings is 1. The molecule has 20 heavy (non-hydrogen) atoms. The normalized spacial score (nSPS) is 10.8. The van der Waals surface area contributed by atoms with Gasteiger partial charge in [-0.3, -0.25) is 0 Å². The molecule has 0 bridgehead atoms. The van der Waals surface area contributed by atoms with Crippen molar-refractivity contribution in [2.45, 2.75) is 26.3 Å². The summed E-state index contributed by atoms with van der Waals surface area (Å²) in [6, 6.07) is 7.34. The Morgan fingerprint density at radius 2 is 2.05 bits per heavy atom. The van der Waals surface area contributed by atoms with Gasteiger partial charge in [0.1, 0.15) is 10.7 Å². The third-order valence-electron chi connectivity index (χ3n) is 2.94. The Morgan fingerprint density at radius 1 is 1.35 bits per heavy atom. The molecule has 0 amide bonds. The van der Waals surface area contributed by atoms with Crippen LogP contribution in [0.3, 0.4) is 0 Å². The first-order chi connectivity index (χ1) is 9.54. The predicted molar refractivity (Wildman–Crippen MR) is 78.7 cm³/mol. The Labute approximate surface area is 126 Å². The van der Waals surface area contributed by atoms with Gasteiger partial charge in [-0.05, 0) is 18.1 Å². The molecule has 6 heteroatoms. The van der Waals surface area contributed by atoms with Crippen molar-refractivity contribution < 1.29 is 9.90 Å². The van der Waals surface area contributed by atoms with Gasteiger partial charge in [-0.25, -0.2) is 9.48 Å². The van der Waals surface area contributed by atoms with Crippen LogP contribution in [0, 0.1) is 0 Å². The first-order valence-corrected chi connectivity index (χ1v) is 7.02. The van der Waals surface area contributed by atoms with Gasteiger partial charge in [0.25, 0.3) is 0 Å². The maximum atomic E-state index is 11.3. The third kappa shape index (κ3) is 2.97. The Hall–Kier alpha value is -1.52. The van der Waals surface area contributed by atoms with E-state index in [1.165, 1.54) is 4.68 Å². The second-order valence-corrected chi connectivity index (χ2v) is 5.18. The van der Waals surface area contributed by atoms with Gasteiger partial charge in [0.05, 0.1) is 12.2 Å². The van der Waals surface area contributed by atoms with E-state index in [4.69, 9.17) is 23.2 Å². The molecule has 0 aliphatic heterocycles. The van der Waals surface area contributed by atoms with Crippen LogP contribution in [-0.4, -0.2) is 20.9 Å². The van der Waals surface area contributed by atoms with Crippen LogP contribution in [0.2, 0.25) is 10.2 Å². The van der Waals surface area contributed by atoms with Crippen LogP contribution in [0.1, 0.15) is 35.0 Å². The molecule has 0 unspecified atom stereocenters. The molecule has 0 atom stereocenters. The average Bonchev–Trinajstić information content (AvgIpc) is 2.69. The van der Waals surface area contributed by atoms with Crippen molar-refractivity contribution in [2.24, 2.45) is 0 Å². The minimum atomic E-state index is -1.05. The van der Waals surface area contributed by atoms with Crippen LogP contribution in [0.25, 0.3) is 0 Å². The number of nitrogens with zero attached hydrogens (tertiary/aromatic N) is 2. The van der Waals surface area contributed by atoms with Crippen molar-refractivity contribution in [1.82, 2.24) is 9.78 Å². The molecule has 0 spiro atoms. The number of halogens is 2. The summed E-state index contributed by atoms with van der Waals surface area (Å²) >= 11 is 12.2. The Morgan fingerprint density at radius 3 is 2.65 bits per heavy atom. The van der Waals surface area contributed by atoms with Crippen LogP contribution >= 0.6 is 23.2 Å². The molecular formula is C14H14Cl2N2O2. The van der Waals surface area contributed by atoms with Crippen molar-refractivity contribution in [3.63, 3.8) is 0 Å². The molecule has 1 N–H and O–H groups in total. The number of carboxylic acid groups (broad SMARTS) is 1. The summed E-state index contributed by atoms with van der Waals surface area (Å²) in [6.45, 7) is 2.31. The van der Waals surface area contributed by atoms with Gasteiger partial charge in [0, 0.05) is 5.02 Å². The second-order valence-electron chi connectivity index (χ2n) is 4.42. The summed E-state index contributed by atoms with van der Waals surface area (Å²) in [7, 11) is 0. The van der Waals surface area contributed by atoms with Gasteiger partial charge in [-0.15, -0.1) is 0 Å². The Balaban J connectivity index is 2.40. The highest BCUT2D eigenvalue weighted by molar-refractivity contribution is 6.33. The zero-order chi connectivity index (χ0) is 14.7. The van der Waals surface area contributed by atoms with Gasteiger partial charge in [0.2, 0.25) is 0 Å². The largest absolute Gasteiger partial charge is 0.478 e. The van der Waals surface area contributed by atoms with E-state index in [1.54, 1.807) is 6.07 Å². The molecule has 0 radical (unpaired) electrons. The quantitative estimate of drug-likeness (QED) is 0.911. The number of hydrogen-bond acceptors (Lipinski definition) is 2. The van der Waals surface area contributed by atoms with Crippen LogP contribution in [0.4, 0.5) is 0 Å². The molecule has 0 saturated carbocycles. The van der Waals surface area contributed by atoms with Gasteiger partial charge in [0.15, 0.2) is 0 Å². The molecule has 106 valence electrons. The Bertz CT molecular complexity index is 638. The summed E-state index contributed by atoms with van der Waals surface area (Å²) in [6.07, 6.45) is 1.39. The second kappa shape index (κ2) is 6.29. The predicted octanol–water partition coefficient (Wildman–Crippen LogP) is 3.89. The number of aromatic nitrogens is 2. The number of hydrogen-bond donors (Lipinski definition) is 1. The van der Waals surface area contributed by atoms with E-state index < -0.39 is 5.97 Å². The molecule has 1 heterocycles. The van der Waals surface area contributed by atoms with Crippen molar-refractivity contribution in [3.05, 3.63) is 51.3 Å². The van der Waals surface area contributed by atoms with E-state index in [-0.39, 0.29) is 10.7 Å². The lowest BCUT2D eigenvalue weighted by molar-refractivity contribution is 0.0696. The van der Waals surface area contributed by atoms with Crippen LogP contribution in [0.5, 0.6) is 0 Å². The third-order valence-corrected chi connectivity index (χ3v) is 3.69. The summed E-state index contributed by atoms with van der Waals surface area (Å²) < 4.78 is 1.48. The highest BCUT2D eigenvalue weighted by atomic mass is 35.5. The van der Waals surface area contributed by atoms with Gasteiger partial charge in [-0.2, -0.15) is 5.10 Å². The Kier molecular flexibility index (Phi) is 4.68.